The summed E-state index contributed by atoms with van der Waals surface area (Å²) in [5.74, 6) is 0.0799. The van der Waals surface area contributed by atoms with Crippen molar-refractivity contribution in [3.05, 3.63) is 53.5 Å². The van der Waals surface area contributed by atoms with Gasteiger partial charge >= 0.3 is 6.18 Å². The van der Waals surface area contributed by atoms with Crippen LogP contribution < -0.4 is 10.5 Å². The highest BCUT2D eigenvalue weighted by Crippen LogP contribution is 2.41. The molecule has 3 aromatic heterocycles. The van der Waals surface area contributed by atoms with E-state index < -0.39 is 17.8 Å². The van der Waals surface area contributed by atoms with Crippen LogP contribution in [0.3, 0.4) is 0 Å². The number of pyridine rings is 2. The van der Waals surface area contributed by atoms with Crippen molar-refractivity contribution in [1.29, 1.82) is 0 Å². The van der Waals surface area contributed by atoms with Gasteiger partial charge in [0.2, 0.25) is 0 Å². The molecule has 4 aromatic rings. The van der Waals surface area contributed by atoms with E-state index in [2.05, 4.69) is 15.1 Å². The molecule has 0 unspecified atom stereocenters. The van der Waals surface area contributed by atoms with E-state index in [-0.39, 0.29) is 24.0 Å². The zero-order valence-electron chi connectivity index (χ0n) is 17.7. The van der Waals surface area contributed by atoms with Crippen molar-refractivity contribution in [2.75, 3.05) is 18.9 Å². The third kappa shape index (κ3) is 3.31. The fourth-order valence-electron chi connectivity index (χ4n) is 4.26. The molecule has 2 N–H and O–H groups in total. The molecule has 0 radical (unpaired) electrons. The number of likely N-dealkylation sites (N-methyl/N-ethyl adjacent to an activating group) is 1. The van der Waals surface area contributed by atoms with Gasteiger partial charge in [0.1, 0.15) is 23.9 Å². The number of aromatic nitrogens is 4. The van der Waals surface area contributed by atoms with E-state index in [1.165, 1.54) is 12.3 Å². The molecule has 8 nitrogen and oxygen atoms in total. The maximum absolute atomic E-state index is 13.4. The molecule has 1 aromatic carbocycles. The number of carbonyl (C=O) groups is 1. The van der Waals surface area contributed by atoms with Crippen LogP contribution in [0, 0.1) is 0 Å². The number of benzene rings is 1. The average molecular weight is 456 g/mol. The summed E-state index contributed by atoms with van der Waals surface area (Å²) in [6.07, 6.45) is -1.38. The van der Waals surface area contributed by atoms with Crippen molar-refractivity contribution in [3.63, 3.8) is 0 Å². The minimum atomic E-state index is -4.47. The van der Waals surface area contributed by atoms with E-state index in [0.717, 1.165) is 17.6 Å². The van der Waals surface area contributed by atoms with Gasteiger partial charge in [0.15, 0.2) is 0 Å². The van der Waals surface area contributed by atoms with Crippen LogP contribution >= 0.6 is 0 Å². The molecule has 1 amide bonds. The molecule has 33 heavy (non-hydrogen) atoms. The normalized spacial score (nSPS) is 15.6. The number of halogens is 3. The SMILES string of the molecule is CCN(C(=O)c1cc2c(cn1)nc(N)c1cnn(C)c12)[C@H]1COc2cc(C(F)(F)F)ccc21. The van der Waals surface area contributed by atoms with E-state index in [1.807, 2.05) is 0 Å². The van der Waals surface area contributed by atoms with E-state index in [0.29, 0.717) is 34.2 Å². The summed E-state index contributed by atoms with van der Waals surface area (Å²) in [5.41, 5.74) is 7.19. The Morgan fingerprint density at radius 1 is 1.27 bits per heavy atom. The van der Waals surface area contributed by atoms with E-state index in [1.54, 1.807) is 35.8 Å². The van der Waals surface area contributed by atoms with E-state index in [4.69, 9.17) is 10.5 Å². The number of nitrogen functional groups attached to an aromatic ring is 1. The largest absolute Gasteiger partial charge is 0.491 e. The molecule has 4 heterocycles. The Kier molecular flexibility index (Phi) is 4.66. The molecule has 0 fully saturated rings. The Labute approximate surface area is 185 Å². The van der Waals surface area contributed by atoms with Crippen LogP contribution in [0.15, 0.2) is 36.7 Å². The van der Waals surface area contributed by atoms with Crippen LogP contribution in [0.1, 0.15) is 34.6 Å². The first kappa shape index (κ1) is 21.0. The molecule has 11 heteroatoms. The highest BCUT2D eigenvalue weighted by molar-refractivity contribution is 6.09. The molecule has 1 atom stereocenters. The first-order chi connectivity index (χ1) is 15.7. The van der Waals surface area contributed by atoms with Crippen molar-refractivity contribution in [1.82, 2.24) is 24.6 Å². The van der Waals surface area contributed by atoms with E-state index in [9.17, 15) is 18.0 Å². The third-order valence-corrected chi connectivity index (χ3v) is 5.89. The monoisotopic (exact) mass is 456 g/mol. The fourth-order valence-corrected chi connectivity index (χ4v) is 4.26. The highest BCUT2D eigenvalue weighted by atomic mass is 19.4. The number of alkyl halides is 3. The van der Waals surface area contributed by atoms with Crippen LogP contribution in [-0.2, 0) is 13.2 Å². The number of rotatable bonds is 3. The van der Waals surface area contributed by atoms with Crippen LogP contribution in [0.25, 0.3) is 21.8 Å². The molecule has 0 saturated carbocycles. The summed E-state index contributed by atoms with van der Waals surface area (Å²) in [7, 11) is 1.77. The Hall–Kier alpha value is -3.89. The first-order valence-corrected chi connectivity index (χ1v) is 10.2. The standard InChI is InChI=1S/C22H19F3N6O2/c1-3-31(17-10-33-18-6-11(22(23,24)25)4-5-12(17)18)21(32)15-7-13-16(9-27-15)29-20(26)14-8-28-30(2)19(13)14/h4-9,17H,3,10H2,1-2H3,(H2,26,29)/t17-/m0/s1. The summed E-state index contributed by atoms with van der Waals surface area (Å²) in [5, 5.41) is 5.57. The van der Waals surface area contributed by atoms with Gasteiger partial charge in [-0.25, -0.2) is 9.97 Å². The lowest BCUT2D eigenvalue weighted by Crippen LogP contribution is -2.36. The smallest absolute Gasteiger partial charge is 0.416 e. The third-order valence-electron chi connectivity index (χ3n) is 5.89. The van der Waals surface area contributed by atoms with Gasteiger partial charge in [-0.2, -0.15) is 18.3 Å². The lowest BCUT2D eigenvalue weighted by Gasteiger charge is -2.26. The Bertz CT molecular complexity index is 1420. The molecule has 0 saturated heterocycles. The van der Waals surface area contributed by atoms with Crippen LogP contribution in [0.2, 0.25) is 0 Å². The topological polar surface area (TPSA) is 99.2 Å². The Morgan fingerprint density at radius 3 is 2.79 bits per heavy atom. The maximum Gasteiger partial charge on any atom is 0.416 e. The predicted octanol–water partition coefficient (Wildman–Crippen LogP) is 3.71. The van der Waals surface area contributed by atoms with Crippen LogP contribution in [-0.4, -0.2) is 43.7 Å². The second-order valence-corrected chi connectivity index (χ2v) is 7.78. The van der Waals surface area contributed by atoms with Gasteiger partial charge in [-0.1, -0.05) is 6.07 Å². The molecule has 0 aliphatic carbocycles. The van der Waals surface area contributed by atoms with Crippen molar-refractivity contribution in [2.45, 2.75) is 19.1 Å². The van der Waals surface area contributed by atoms with Crippen LogP contribution in [0.5, 0.6) is 5.75 Å². The van der Waals surface area contributed by atoms with E-state index >= 15 is 0 Å². The number of carbonyl (C=O) groups excluding carboxylic acids is 1. The number of fused-ring (bicyclic) bond motifs is 4. The lowest BCUT2D eigenvalue weighted by atomic mass is 10.0. The second-order valence-electron chi connectivity index (χ2n) is 7.78. The Balaban J connectivity index is 1.54. The van der Waals surface area contributed by atoms with Gasteiger partial charge in [-0.05, 0) is 25.1 Å². The average Bonchev–Trinajstić information content (AvgIpc) is 3.38. The van der Waals surface area contributed by atoms with Crippen molar-refractivity contribution in [2.24, 2.45) is 7.05 Å². The van der Waals surface area contributed by atoms with Gasteiger partial charge in [0.05, 0.1) is 40.4 Å². The predicted molar refractivity (Wildman–Crippen MR) is 115 cm³/mol. The minimum absolute atomic E-state index is 0.0634. The first-order valence-electron chi connectivity index (χ1n) is 10.2. The number of hydrogen-bond acceptors (Lipinski definition) is 6. The van der Waals surface area contributed by atoms with Crippen LogP contribution in [0.4, 0.5) is 19.0 Å². The molecule has 170 valence electrons. The number of nitrogens with two attached hydrogens (primary N) is 1. The van der Waals surface area contributed by atoms with Gasteiger partial charge in [-0.3, -0.25) is 9.48 Å². The van der Waals surface area contributed by atoms with Gasteiger partial charge in [-0.15, -0.1) is 0 Å². The lowest BCUT2D eigenvalue weighted by molar-refractivity contribution is -0.137. The molecule has 1 aliphatic rings. The number of hydrogen-bond donors (Lipinski definition) is 1. The number of ether oxygens (including phenoxy) is 1. The molecule has 5 rings (SSSR count). The molecular weight excluding hydrogens is 437 g/mol. The van der Waals surface area contributed by atoms with Crippen molar-refractivity contribution < 1.29 is 22.7 Å². The van der Waals surface area contributed by atoms with Crippen molar-refractivity contribution >= 4 is 33.5 Å². The summed E-state index contributed by atoms with van der Waals surface area (Å²) in [4.78, 5) is 23.6. The number of nitrogens with zero attached hydrogens (tertiary/aromatic N) is 5. The molecule has 0 bridgehead atoms. The number of amides is 1. The Morgan fingerprint density at radius 2 is 2.06 bits per heavy atom. The van der Waals surface area contributed by atoms with Crippen molar-refractivity contribution in [3.8, 4) is 5.75 Å². The molecule has 0 spiro atoms. The molecule has 1 aliphatic heterocycles. The van der Waals surface area contributed by atoms with Gasteiger partial charge in [0.25, 0.3) is 5.91 Å². The zero-order valence-corrected chi connectivity index (χ0v) is 17.7. The highest BCUT2D eigenvalue weighted by Gasteiger charge is 2.36. The number of anilines is 1. The summed E-state index contributed by atoms with van der Waals surface area (Å²) in [6.45, 7) is 2.17. The quantitative estimate of drug-likeness (QED) is 0.505. The molecular formula is C22H19F3N6O2. The second kappa shape index (κ2) is 7.32. The summed E-state index contributed by atoms with van der Waals surface area (Å²) in [6, 6.07) is 4.45. The maximum atomic E-state index is 13.4. The minimum Gasteiger partial charge on any atom is -0.491 e. The zero-order chi connectivity index (χ0) is 23.5. The summed E-state index contributed by atoms with van der Waals surface area (Å²) < 4.78 is 46.3. The summed E-state index contributed by atoms with van der Waals surface area (Å²) >= 11 is 0. The van der Waals surface area contributed by atoms with Gasteiger partial charge in [0, 0.05) is 24.5 Å². The number of aryl methyl sites for hydroxylation is 1. The fraction of sp³-hybridized carbons (Fsp3) is 0.273. The van der Waals surface area contributed by atoms with Gasteiger partial charge < -0.3 is 15.4 Å².